The second kappa shape index (κ2) is 3.80. The zero-order valence-corrected chi connectivity index (χ0v) is 9.08. The summed E-state index contributed by atoms with van der Waals surface area (Å²) in [5.41, 5.74) is 2.68. The van der Waals surface area contributed by atoms with Gasteiger partial charge in [0.15, 0.2) is 0 Å². The molecule has 0 bridgehead atoms. The van der Waals surface area contributed by atoms with E-state index in [0.29, 0.717) is 0 Å². The van der Waals surface area contributed by atoms with Crippen molar-refractivity contribution in [3.05, 3.63) is 17.5 Å². The Labute approximate surface area is 90.5 Å². The summed E-state index contributed by atoms with van der Waals surface area (Å²) in [4.78, 5) is 11.5. The number of aryl methyl sites for hydroxylation is 2. The molecule has 3 nitrogen and oxygen atoms in total. The van der Waals surface area contributed by atoms with Gasteiger partial charge < -0.3 is 4.90 Å². The van der Waals surface area contributed by atoms with E-state index in [9.17, 15) is 0 Å². The largest absolute Gasteiger partial charge is 0.341 e. The van der Waals surface area contributed by atoms with E-state index in [1.807, 2.05) is 0 Å². The lowest BCUT2D eigenvalue weighted by Crippen LogP contribution is -2.22. The monoisotopic (exact) mass is 203 g/mol. The second-order valence-electron chi connectivity index (χ2n) is 4.54. The van der Waals surface area contributed by atoms with Gasteiger partial charge in [-0.1, -0.05) is 0 Å². The fraction of sp³-hybridized carbons (Fsp3) is 0.667. The van der Waals surface area contributed by atoms with Crippen LogP contribution in [0.25, 0.3) is 0 Å². The Morgan fingerprint density at radius 2 is 1.80 bits per heavy atom. The fourth-order valence-corrected chi connectivity index (χ4v) is 2.53. The Morgan fingerprint density at radius 1 is 1.00 bits per heavy atom. The van der Waals surface area contributed by atoms with Gasteiger partial charge in [-0.15, -0.1) is 0 Å². The highest BCUT2D eigenvalue weighted by Gasteiger charge is 2.17. The maximum Gasteiger partial charge on any atom is 0.225 e. The fourth-order valence-electron chi connectivity index (χ4n) is 2.53. The summed E-state index contributed by atoms with van der Waals surface area (Å²) >= 11 is 0. The summed E-state index contributed by atoms with van der Waals surface area (Å²) in [7, 11) is 0. The molecule has 1 aliphatic carbocycles. The number of fused-ring (bicyclic) bond motifs is 1. The van der Waals surface area contributed by atoms with Crippen LogP contribution in [0, 0.1) is 0 Å². The minimum Gasteiger partial charge on any atom is -0.341 e. The van der Waals surface area contributed by atoms with Crippen molar-refractivity contribution in [2.45, 2.75) is 38.5 Å². The Morgan fingerprint density at radius 3 is 2.67 bits per heavy atom. The van der Waals surface area contributed by atoms with Crippen molar-refractivity contribution in [2.75, 3.05) is 18.0 Å². The molecule has 0 saturated carbocycles. The molecule has 3 heteroatoms. The van der Waals surface area contributed by atoms with E-state index in [1.54, 1.807) is 0 Å². The van der Waals surface area contributed by atoms with Crippen LogP contribution in [0.5, 0.6) is 0 Å². The van der Waals surface area contributed by atoms with Crippen LogP contribution in [0.4, 0.5) is 5.95 Å². The van der Waals surface area contributed by atoms with Crippen molar-refractivity contribution < 1.29 is 0 Å². The van der Waals surface area contributed by atoms with Crippen LogP contribution in [0.1, 0.15) is 36.9 Å². The molecule has 0 amide bonds. The molecule has 1 aromatic rings. The van der Waals surface area contributed by atoms with Crippen molar-refractivity contribution in [3.63, 3.8) is 0 Å². The van der Waals surface area contributed by atoms with E-state index in [2.05, 4.69) is 16.1 Å². The van der Waals surface area contributed by atoms with Crippen LogP contribution in [-0.4, -0.2) is 23.1 Å². The molecule has 1 aliphatic heterocycles. The molecule has 15 heavy (non-hydrogen) atoms. The number of hydrogen-bond acceptors (Lipinski definition) is 3. The third kappa shape index (κ3) is 1.71. The summed E-state index contributed by atoms with van der Waals surface area (Å²) in [5, 5.41) is 0. The zero-order chi connectivity index (χ0) is 10.1. The zero-order valence-electron chi connectivity index (χ0n) is 9.08. The summed E-state index contributed by atoms with van der Waals surface area (Å²) < 4.78 is 0. The summed E-state index contributed by atoms with van der Waals surface area (Å²) in [5.74, 6) is 0.966. The summed E-state index contributed by atoms with van der Waals surface area (Å²) in [6.07, 6.45) is 9.56. The van der Waals surface area contributed by atoms with Gasteiger partial charge in [-0.3, -0.25) is 0 Å². The van der Waals surface area contributed by atoms with Crippen LogP contribution in [0.3, 0.4) is 0 Å². The van der Waals surface area contributed by atoms with Crippen molar-refractivity contribution in [1.82, 2.24) is 9.97 Å². The van der Waals surface area contributed by atoms with Crippen LogP contribution in [-0.2, 0) is 12.8 Å². The van der Waals surface area contributed by atoms with E-state index in [0.717, 1.165) is 25.5 Å². The van der Waals surface area contributed by atoms with Gasteiger partial charge in [0.05, 0.1) is 0 Å². The van der Waals surface area contributed by atoms with Crippen molar-refractivity contribution >= 4 is 5.95 Å². The molecule has 0 unspecified atom stereocenters. The van der Waals surface area contributed by atoms with E-state index in [1.165, 1.54) is 43.4 Å². The first-order chi connectivity index (χ1) is 7.43. The van der Waals surface area contributed by atoms with Gasteiger partial charge in [0, 0.05) is 25.0 Å². The van der Waals surface area contributed by atoms with Crippen LogP contribution < -0.4 is 4.90 Å². The number of aromatic nitrogens is 2. The number of rotatable bonds is 1. The number of anilines is 1. The van der Waals surface area contributed by atoms with Crippen molar-refractivity contribution in [3.8, 4) is 0 Å². The van der Waals surface area contributed by atoms with Gasteiger partial charge >= 0.3 is 0 Å². The first-order valence-electron chi connectivity index (χ1n) is 6.03. The molecule has 0 aromatic carbocycles. The highest BCUT2D eigenvalue weighted by molar-refractivity contribution is 5.35. The Hall–Kier alpha value is -1.12. The topological polar surface area (TPSA) is 29.0 Å². The van der Waals surface area contributed by atoms with E-state index in [4.69, 9.17) is 4.98 Å². The SMILES string of the molecule is c1nc(N2CCCC2)nc2c1CCCC2. The highest BCUT2D eigenvalue weighted by atomic mass is 15.3. The van der Waals surface area contributed by atoms with Gasteiger partial charge in [-0.25, -0.2) is 9.97 Å². The van der Waals surface area contributed by atoms with Crippen LogP contribution in [0.15, 0.2) is 6.20 Å². The van der Waals surface area contributed by atoms with Gasteiger partial charge in [0.2, 0.25) is 5.95 Å². The minimum atomic E-state index is 0.966. The molecule has 1 aromatic heterocycles. The van der Waals surface area contributed by atoms with Gasteiger partial charge in [-0.05, 0) is 44.1 Å². The normalized spacial score (nSPS) is 20.4. The van der Waals surface area contributed by atoms with Gasteiger partial charge in [0.1, 0.15) is 0 Å². The van der Waals surface area contributed by atoms with Gasteiger partial charge in [-0.2, -0.15) is 0 Å². The van der Waals surface area contributed by atoms with Gasteiger partial charge in [0.25, 0.3) is 0 Å². The summed E-state index contributed by atoms with van der Waals surface area (Å²) in [6, 6.07) is 0. The first kappa shape index (κ1) is 9.13. The molecule has 0 radical (unpaired) electrons. The second-order valence-corrected chi connectivity index (χ2v) is 4.54. The third-order valence-electron chi connectivity index (χ3n) is 3.44. The number of nitrogens with zero attached hydrogens (tertiary/aromatic N) is 3. The lowest BCUT2D eigenvalue weighted by atomic mass is 9.98. The third-order valence-corrected chi connectivity index (χ3v) is 3.44. The Balaban J connectivity index is 1.89. The molecule has 80 valence electrons. The average Bonchev–Trinajstić information content (AvgIpc) is 2.82. The highest BCUT2D eigenvalue weighted by Crippen LogP contribution is 2.22. The molecular formula is C12H17N3. The Bertz CT molecular complexity index is 356. The maximum atomic E-state index is 4.71. The predicted molar refractivity (Wildman–Crippen MR) is 60.1 cm³/mol. The smallest absolute Gasteiger partial charge is 0.225 e. The maximum absolute atomic E-state index is 4.71. The number of hydrogen-bond donors (Lipinski definition) is 0. The molecule has 2 aliphatic rings. The molecule has 2 heterocycles. The van der Waals surface area contributed by atoms with Crippen LogP contribution in [0.2, 0.25) is 0 Å². The standard InChI is InChI=1S/C12H17N3/c1-2-6-11-10(5-1)9-13-12(14-11)15-7-3-4-8-15/h9H,1-8H2. The molecule has 3 rings (SSSR count). The lowest BCUT2D eigenvalue weighted by molar-refractivity contribution is 0.659. The molecule has 0 N–H and O–H groups in total. The molecule has 0 spiro atoms. The molecule has 1 fully saturated rings. The van der Waals surface area contributed by atoms with Crippen molar-refractivity contribution in [2.24, 2.45) is 0 Å². The van der Waals surface area contributed by atoms with E-state index in [-0.39, 0.29) is 0 Å². The quantitative estimate of drug-likeness (QED) is 0.698. The first-order valence-corrected chi connectivity index (χ1v) is 6.03. The van der Waals surface area contributed by atoms with Crippen LogP contribution >= 0.6 is 0 Å². The van der Waals surface area contributed by atoms with Crippen molar-refractivity contribution in [1.29, 1.82) is 0 Å². The molecular weight excluding hydrogens is 186 g/mol. The average molecular weight is 203 g/mol. The predicted octanol–water partition coefficient (Wildman–Crippen LogP) is 1.96. The summed E-state index contributed by atoms with van der Waals surface area (Å²) in [6.45, 7) is 2.28. The molecule has 1 saturated heterocycles. The van der Waals surface area contributed by atoms with E-state index < -0.39 is 0 Å². The minimum absolute atomic E-state index is 0.966. The van der Waals surface area contributed by atoms with E-state index >= 15 is 0 Å². The lowest BCUT2D eigenvalue weighted by Gasteiger charge is -2.19. The Kier molecular flexibility index (Phi) is 2.31. The molecule has 0 atom stereocenters.